The zero-order valence-electron chi connectivity index (χ0n) is 16.4. The van der Waals surface area contributed by atoms with E-state index >= 15 is 0 Å². The van der Waals surface area contributed by atoms with Crippen LogP contribution in [0.3, 0.4) is 0 Å². The van der Waals surface area contributed by atoms with Crippen molar-refractivity contribution in [2.45, 2.75) is 65.1 Å². The Labute approximate surface area is 169 Å². The van der Waals surface area contributed by atoms with E-state index in [-0.39, 0.29) is 49.5 Å². The summed E-state index contributed by atoms with van der Waals surface area (Å²) in [5.41, 5.74) is -2.16. The molecule has 0 aliphatic carbocycles. The van der Waals surface area contributed by atoms with E-state index in [4.69, 9.17) is 4.74 Å². The smallest absolute Gasteiger partial charge is 0.315 e. The van der Waals surface area contributed by atoms with Gasteiger partial charge in [0.15, 0.2) is 0 Å². The summed E-state index contributed by atoms with van der Waals surface area (Å²) >= 11 is 0. The first kappa shape index (κ1) is 29.8. The van der Waals surface area contributed by atoms with Crippen LogP contribution in [-0.2, 0) is 32.7 Å². The SMILES string of the molecule is CC(C)(C)Oc1c(C(C)(C)C)[c-]cc(C(C)(O)CO)c1C(=O)O.O.O.[Ti]. The number of hydrogen-bond donors (Lipinski definition) is 3. The van der Waals surface area contributed by atoms with Gasteiger partial charge in [0.05, 0.1) is 17.8 Å². The number of aliphatic hydroxyl groups excluding tert-OH is 1. The Hall–Kier alpha value is -0.956. The molecule has 1 rings (SSSR count). The first-order valence-corrected chi connectivity index (χ1v) is 7.56. The van der Waals surface area contributed by atoms with E-state index in [1.165, 1.54) is 13.0 Å². The molecule has 26 heavy (non-hydrogen) atoms. The van der Waals surface area contributed by atoms with Crippen molar-refractivity contribution in [1.82, 2.24) is 0 Å². The molecule has 7 nitrogen and oxygen atoms in total. The van der Waals surface area contributed by atoms with Crippen molar-refractivity contribution in [2.75, 3.05) is 6.61 Å². The third kappa shape index (κ3) is 6.98. The fourth-order valence-electron chi connectivity index (χ4n) is 2.22. The minimum Gasteiger partial charge on any atom is -0.545 e. The van der Waals surface area contributed by atoms with Gasteiger partial charge in [-0.15, -0.1) is 11.1 Å². The van der Waals surface area contributed by atoms with Crippen molar-refractivity contribution in [3.63, 3.8) is 0 Å². The molecule has 7 N–H and O–H groups in total. The van der Waals surface area contributed by atoms with E-state index in [1.54, 1.807) is 0 Å². The summed E-state index contributed by atoms with van der Waals surface area (Å²) in [5, 5.41) is 29.5. The van der Waals surface area contributed by atoms with Crippen LogP contribution in [0, 0.1) is 6.07 Å². The largest absolute Gasteiger partial charge is 0.545 e. The Morgan fingerprint density at radius 1 is 1.12 bits per heavy atom. The molecule has 1 aromatic carbocycles. The Bertz CT molecular complexity index is 599. The van der Waals surface area contributed by atoms with Crippen LogP contribution >= 0.6 is 0 Å². The molecule has 8 heteroatoms. The molecule has 0 heterocycles. The molecule has 0 radical (unpaired) electrons. The van der Waals surface area contributed by atoms with Crippen LogP contribution in [0.15, 0.2) is 6.07 Å². The number of aliphatic hydroxyl groups is 2. The number of carboxylic acids is 1. The molecular weight excluding hydrogens is 376 g/mol. The van der Waals surface area contributed by atoms with Crippen LogP contribution in [0.5, 0.6) is 5.75 Å². The van der Waals surface area contributed by atoms with Gasteiger partial charge < -0.3 is 31.0 Å². The molecule has 0 bridgehead atoms. The Morgan fingerprint density at radius 2 is 1.58 bits per heavy atom. The Balaban J connectivity index is -0.00000176. The standard InChI is InChI=1S/C18H27O5.2H2O.Ti/c1-16(2,3)12-9-8-11(18(7,22)10-19)13(15(20)21)14(12)23-17(4,5)6;;;/h8,19,22H,10H2,1-7H3,(H,20,21);2*1H2;/q-1;;;. The van der Waals surface area contributed by atoms with E-state index < -0.39 is 29.2 Å². The van der Waals surface area contributed by atoms with Crippen LogP contribution < -0.4 is 4.74 Å². The Morgan fingerprint density at radius 3 is 1.88 bits per heavy atom. The number of carboxylic acid groups (broad SMARTS) is 1. The van der Waals surface area contributed by atoms with Gasteiger partial charge in [-0.3, -0.25) is 0 Å². The summed E-state index contributed by atoms with van der Waals surface area (Å²) in [4.78, 5) is 11.9. The second-order valence-electron chi connectivity index (χ2n) is 7.98. The first-order valence-electron chi connectivity index (χ1n) is 7.56. The number of hydrogen-bond acceptors (Lipinski definition) is 4. The van der Waals surface area contributed by atoms with Crippen molar-refractivity contribution < 1.29 is 57.5 Å². The van der Waals surface area contributed by atoms with Gasteiger partial charge in [-0.2, -0.15) is 12.1 Å². The number of benzene rings is 1. The van der Waals surface area contributed by atoms with Crippen LogP contribution in [0.25, 0.3) is 0 Å². The van der Waals surface area contributed by atoms with Gasteiger partial charge in [-0.25, -0.2) is 4.79 Å². The molecule has 0 amide bonds. The van der Waals surface area contributed by atoms with Crippen molar-refractivity contribution >= 4 is 5.97 Å². The molecule has 0 spiro atoms. The summed E-state index contributed by atoms with van der Waals surface area (Å²) in [6.07, 6.45) is 0. The van der Waals surface area contributed by atoms with Crippen molar-refractivity contribution in [2.24, 2.45) is 0 Å². The molecule has 0 aliphatic heterocycles. The topological polar surface area (TPSA) is 150 Å². The predicted molar refractivity (Wildman–Crippen MR) is 95.2 cm³/mol. The maximum absolute atomic E-state index is 11.9. The number of ether oxygens (including phenoxy) is 1. The summed E-state index contributed by atoms with van der Waals surface area (Å²) < 4.78 is 5.93. The average Bonchev–Trinajstić information content (AvgIpc) is 2.34. The van der Waals surface area contributed by atoms with E-state index in [0.717, 1.165) is 0 Å². The summed E-state index contributed by atoms with van der Waals surface area (Å²) in [6.45, 7) is 12.0. The Kier molecular flexibility index (Phi) is 11.3. The fourth-order valence-corrected chi connectivity index (χ4v) is 2.22. The normalized spacial score (nSPS) is 13.4. The van der Waals surface area contributed by atoms with Crippen LogP contribution in [0.1, 0.15) is 70.0 Å². The van der Waals surface area contributed by atoms with E-state index in [1.807, 2.05) is 41.5 Å². The van der Waals surface area contributed by atoms with Crippen LogP contribution in [0.2, 0.25) is 0 Å². The van der Waals surface area contributed by atoms with E-state index in [0.29, 0.717) is 5.56 Å². The van der Waals surface area contributed by atoms with Gasteiger partial charge >= 0.3 is 5.97 Å². The molecule has 1 aromatic rings. The van der Waals surface area contributed by atoms with Gasteiger partial charge in [0, 0.05) is 27.5 Å². The quantitative estimate of drug-likeness (QED) is 0.506. The van der Waals surface area contributed by atoms with Gasteiger partial charge in [0.2, 0.25) is 0 Å². The van der Waals surface area contributed by atoms with Gasteiger partial charge in [0.1, 0.15) is 0 Å². The number of aromatic carboxylic acids is 1. The molecule has 1 unspecified atom stereocenters. The summed E-state index contributed by atoms with van der Waals surface area (Å²) in [7, 11) is 0. The van der Waals surface area contributed by atoms with Crippen molar-refractivity contribution in [3.8, 4) is 5.75 Å². The average molecular weight is 407 g/mol. The van der Waals surface area contributed by atoms with Crippen LogP contribution in [-0.4, -0.2) is 44.4 Å². The molecular formula is C18H31O7Ti-. The zero-order chi connectivity index (χ0) is 18.2. The molecule has 0 fully saturated rings. The predicted octanol–water partition coefficient (Wildman–Crippen LogP) is 1.21. The monoisotopic (exact) mass is 407 g/mol. The summed E-state index contributed by atoms with van der Waals surface area (Å²) in [5.74, 6) is -1.03. The second-order valence-corrected chi connectivity index (χ2v) is 7.98. The van der Waals surface area contributed by atoms with E-state index in [9.17, 15) is 20.1 Å². The number of rotatable bonds is 4. The molecule has 0 aliphatic rings. The summed E-state index contributed by atoms with van der Waals surface area (Å²) in [6, 6.07) is 4.47. The van der Waals surface area contributed by atoms with Gasteiger partial charge in [-0.1, -0.05) is 20.8 Å². The van der Waals surface area contributed by atoms with Crippen LogP contribution in [0.4, 0.5) is 0 Å². The van der Waals surface area contributed by atoms with Gasteiger partial charge in [-0.05, 0) is 38.7 Å². The van der Waals surface area contributed by atoms with Crippen molar-refractivity contribution in [3.05, 3.63) is 28.8 Å². The minimum atomic E-state index is -1.70. The molecule has 0 saturated heterocycles. The molecule has 150 valence electrons. The van der Waals surface area contributed by atoms with Crippen molar-refractivity contribution in [1.29, 1.82) is 0 Å². The zero-order valence-corrected chi connectivity index (χ0v) is 18.0. The minimum absolute atomic E-state index is 0. The van der Waals surface area contributed by atoms with E-state index in [2.05, 4.69) is 6.07 Å². The molecule has 1 atom stereocenters. The number of carbonyl (C=O) groups is 1. The first-order chi connectivity index (χ1) is 10.2. The molecule has 0 aromatic heterocycles. The maximum atomic E-state index is 11.9. The third-order valence-corrected chi connectivity index (χ3v) is 3.34. The maximum Gasteiger partial charge on any atom is 0.315 e. The second kappa shape index (κ2) is 9.83. The fraction of sp³-hybridized carbons (Fsp3) is 0.611. The van der Waals surface area contributed by atoms with Gasteiger partial charge in [0.25, 0.3) is 0 Å². The third-order valence-electron chi connectivity index (χ3n) is 3.34. The molecule has 0 saturated carbocycles.